The monoisotopic (exact) mass is 254 g/mol. The third kappa shape index (κ3) is 2.70. The Morgan fingerprint density at radius 3 is 2.56 bits per heavy atom. The number of alkyl halides is 2. The highest BCUT2D eigenvalue weighted by molar-refractivity contribution is 5.14. The molecule has 2 N–H and O–H groups in total. The molecule has 2 rings (SSSR count). The van der Waals surface area contributed by atoms with Crippen LogP contribution in [0.2, 0.25) is 0 Å². The van der Waals surface area contributed by atoms with Crippen molar-refractivity contribution in [2.24, 2.45) is 17.6 Å². The molecule has 0 spiro atoms. The number of rotatable bonds is 3. The van der Waals surface area contributed by atoms with Gasteiger partial charge in [-0.05, 0) is 5.56 Å². The van der Waals surface area contributed by atoms with Gasteiger partial charge in [-0.3, -0.25) is 4.90 Å². The Morgan fingerprint density at radius 1 is 1.28 bits per heavy atom. The highest BCUT2D eigenvalue weighted by atomic mass is 19.3. The third-order valence-electron chi connectivity index (χ3n) is 3.75. The number of piperidine rings is 1. The molecule has 1 aromatic carbocycles. The van der Waals surface area contributed by atoms with E-state index in [1.54, 1.807) is 6.92 Å². The molecule has 1 saturated heterocycles. The molecule has 1 fully saturated rings. The maximum atomic E-state index is 13.9. The predicted octanol–water partition coefficient (Wildman–Crippen LogP) is 2.35. The average Bonchev–Trinajstić information content (AvgIpc) is 2.35. The van der Waals surface area contributed by atoms with E-state index < -0.39 is 17.8 Å². The Morgan fingerprint density at radius 2 is 1.94 bits per heavy atom. The maximum Gasteiger partial charge on any atom is 0.257 e. The molecule has 0 bridgehead atoms. The first-order valence-corrected chi connectivity index (χ1v) is 6.38. The summed E-state index contributed by atoms with van der Waals surface area (Å²) >= 11 is 0. The zero-order valence-corrected chi connectivity index (χ0v) is 10.7. The summed E-state index contributed by atoms with van der Waals surface area (Å²) in [5.41, 5.74) is 6.65. The number of hydrogen-bond donors (Lipinski definition) is 1. The quantitative estimate of drug-likeness (QED) is 0.897. The van der Waals surface area contributed by atoms with Crippen molar-refractivity contribution in [3.05, 3.63) is 35.9 Å². The van der Waals surface area contributed by atoms with Gasteiger partial charge in [0.1, 0.15) is 0 Å². The molecule has 0 saturated carbocycles. The van der Waals surface area contributed by atoms with Crippen molar-refractivity contribution in [3.8, 4) is 0 Å². The summed E-state index contributed by atoms with van der Waals surface area (Å²) in [7, 11) is 0. The zero-order chi connectivity index (χ0) is 13.2. The van der Waals surface area contributed by atoms with Crippen LogP contribution in [0.4, 0.5) is 8.78 Å². The van der Waals surface area contributed by atoms with Crippen molar-refractivity contribution >= 4 is 0 Å². The molecule has 18 heavy (non-hydrogen) atoms. The Kier molecular flexibility index (Phi) is 3.97. The van der Waals surface area contributed by atoms with E-state index in [0.717, 1.165) is 12.1 Å². The van der Waals surface area contributed by atoms with E-state index >= 15 is 0 Å². The fourth-order valence-corrected chi connectivity index (χ4v) is 2.62. The summed E-state index contributed by atoms with van der Waals surface area (Å²) in [5.74, 6) is -4.00. The van der Waals surface area contributed by atoms with Crippen LogP contribution in [-0.4, -0.2) is 30.5 Å². The lowest BCUT2D eigenvalue weighted by atomic mass is 9.85. The molecule has 2 nitrogen and oxygen atoms in total. The minimum Gasteiger partial charge on any atom is -0.330 e. The lowest BCUT2D eigenvalue weighted by Gasteiger charge is -2.42. The Labute approximate surface area is 107 Å². The molecule has 0 amide bonds. The topological polar surface area (TPSA) is 29.3 Å². The summed E-state index contributed by atoms with van der Waals surface area (Å²) in [6, 6.07) is 9.94. The van der Waals surface area contributed by atoms with Gasteiger partial charge in [-0.1, -0.05) is 37.3 Å². The normalized spacial score (nSPS) is 28.2. The van der Waals surface area contributed by atoms with Crippen molar-refractivity contribution < 1.29 is 8.78 Å². The molecule has 100 valence electrons. The van der Waals surface area contributed by atoms with E-state index in [9.17, 15) is 8.78 Å². The van der Waals surface area contributed by atoms with E-state index in [1.807, 2.05) is 30.3 Å². The second kappa shape index (κ2) is 5.33. The fraction of sp³-hybridized carbons (Fsp3) is 0.571. The number of likely N-dealkylation sites (tertiary alicyclic amines) is 1. The Balaban J connectivity index is 2.04. The van der Waals surface area contributed by atoms with Gasteiger partial charge in [0, 0.05) is 38.0 Å². The van der Waals surface area contributed by atoms with E-state index in [1.165, 1.54) is 0 Å². The first kappa shape index (κ1) is 13.4. The number of nitrogens with two attached hydrogens (primary N) is 1. The molecule has 2 unspecified atom stereocenters. The molecule has 0 aromatic heterocycles. The van der Waals surface area contributed by atoms with Gasteiger partial charge in [0.2, 0.25) is 0 Å². The largest absolute Gasteiger partial charge is 0.330 e. The van der Waals surface area contributed by atoms with Crippen LogP contribution in [0, 0.1) is 11.8 Å². The van der Waals surface area contributed by atoms with Crippen molar-refractivity contribution in [2.45, 2.75) is 19.4 Å². The Hall–Kier alpha value is -1.00. The molecular weight excluding hydrogens is 234 g/mol. The van der Waals surface area contributed by atoms with Crippen LogP contribution < -0.4 is 5.73 Å². The SMILES string of the molecule is CC1CN(Cc2ccccc2)CC(CN)C1(F)F. The smallest absolute Gasteiger partial charge is 0.257 e. The summed E-state index contributed by atoms with van der Waals surface area (Å²) in [5, 5.41) is 0. The number of benzene rings is 1. The van der Waals surface area contributed by atoms with E-state index in [-0.39, 0.29) is 6.54 Å². The molecule has 1 aliphatic rings. The predicted molar refractivity (Wildman–Crippen MR) is 68.4 cm³/mol. The van der Waals surface area contributed by atoms with Crippen LogP contribution in [0.3, 0.4) is 0 Å². The maximum absolute atomic E-state index is 13.9. The highest BCUT2D eigenvalue weighted by Gasteiger charge is 2.48. The summed E-state index contributed by atoms with van der Waals surface area (Å²) < 4.78 is 27.7. The second-order valence-corrected chi connectivity index (χ2v) is 5.19. The fourth-order valence-electron chi connectivity index (χ4n) is 2.62. The molecular formula is C14H20F2N2. The first-order chi connectivity index (χ1) is 8.54. The number of hydrogen-bond acceptors (Lipinski definition) is 2. The van der Waals surface area contributed by atoms with Crippen molar-refractivity contribution in [1.82, 2.24) is 4.90 Å². The van der Waals surface area contributed by atoms with Crippen molar-refractivity contribution in [3.63, 3.8) is 0 Å². The van der Waals surface area contributed by atoms with Gasteiger partial charge in [-0.2, -0.15) is 0 Å². The van der Waals surface area contributed by atoms with E-state index in [4.69, 9.17) is 5.73 Å². The molecule has 1 aromatic rings. The van der Waals surface area contributed by atoms with Crippen molar-refractivity contribution in [1.29, 1.82) is 0 Å². The number of nitrogens with zero attached hydrogens (tertiary/aromatic N) is 1. The lowest BCUT2D eigenvalue weighted by Crippen LogP contribution is -2.54. The third-order valence-corrected chi connectivity index (χ3v) is 3.75. The molecule has 2 atom stereocenters. The van der Waals surface area contributed by atoms with Crippen LogP contribution in [0.5, 0.6) is 0 Å². The molecule has 0 aliphatic carbocycles. The standard InChI is InChI=1S/C14H20F2N2/c1-11-8-18(9-12-5-3-2-4-6-12)10-13(7-17)14(11,15)16/h2-6,11,13H,7-10,17H2,1H3. The second-order valence-electron chi connectivity index (χ2n) is 5.19. The van der Waals surface area contributed by atoms with Gasteiger partial charge < -0.3 is 5.73 Å². The van der Waals surface area contributed by atoms with Gasteiger partial charge in [0.15, 0.2) is 0 Å². The zero-order valence-electron chi connectivity index (χ0n) is 10.7. The van der Waals surface area contributed by atoms with Crippen molar-refractivity contribution in [2.75, 3.05) is 19.6 Å². The Bertz CT molecular complexity index is 381. The van der Waals surface area contributed by atoms with E-state index in [0.29, 0.717) is 13.1 Å². The summed E-state index contributed by atoms with van der Waals surface area (Å²) in [6.07, 6.45) is 0. The van der Waals surface area contributed by atoms with Crippen LogP contribution in [-0.2, 0) is 6.54 Å². The lowest BCUT2D eigenvalue weighted by molar-refractivity contribution is -0.143. The molecule has 0 radical (unpaired) electrons. The highest BCUT2D eigenvalue weighted by Crippen LogP contribution is 2.37. The van der Waals surface area contributed by atoms with Crippen LogP contribution in [0.25, 0.3) is 0 Å². The van der Waals surface area contributed by atoms with Gasteiger partial charge in [-0.15, -0.1) is 0 Å². The van der Waals surface area contributed by atoms with Crippen LogP contribution >= 0.6 is 0 Å². The first-order valence-electron chi connectivity index (χ1n) is 6.38. The minimum atomic E-state index is -2.64. The van der Waals surface area contributed by atoms with Crippen LogP contribution in [0.15, 0.2) is 30.3 Å². The van der Waals surface area contributed by atoms with E-state index in [2.05, 4.69) is 4.90 Å². The molecule has 1 aliphatic heterocycles. The van der Waals surface area contributed by atoms with Gasteiger partial charge >= 0.3 is 0 Å². The van der Waals surface area contributed by atoms with Gasteiger partial charge in [0.25, 0.3) is 5.92 Å². The van der Waals surface area contributed by atoms with Crippen LogP contribution in [0.1, 0.15) is 12.5 Å². The van der Waals surface area contributed by atoms with Gasteiger partial charge in [-0.25, -0.2) is 8.78 Å². The minimum absolute atomic E-state index is 0.0443. The molecule has 1 heterocycles. The average molecular weight is 254 g/mol. The molecule has 4 heteroatoms. The van der Waals surface area contributed by atoms with Gasteiger partial charge in [0.05, 0.1) is 0 Å². The summed E-state index contributed by atoms with van der Waals surface area (Å²) in [6.45, 7) is 3.18. The summed E-state index contributed by atoms with van der Waals surface area (Å²) in [4.78, 5) is 2.08. The number of halogens is 2.